The zero-order valence-corrected chi connectivity index (χ0v) is 17.1. The Morgan fingerprint density at radius 1 is 1.14 bits per heavy atom. The molecule has 0 bridgehead atoms. The topological polar surface area (TPSA) is 97.7 Å². The van der Waals surface area contributed by atoms with E-state index in [2.05, 4.69) is 22.0 Å². The van der Waals surface area contributed by atoms with Crippen LogP contribution in [-0.4, -0.2) is 70.8 Å². The molecule has 1 unspecified atom stereocenters. The molecular formula is C21H29N5O3. The highest BCUT2D eigenvalue weighted by molar-refractivity contribution is 5.86. The molecule has 2 aliphatic heterocycles. The van der Waals surface area contributed by atoms with E-state index in [0.29, 0.717) is 50.9 Å². The molecule has 2 fully saturated rings. The Hall–Kier alpha value is -2.29. The highest BCUT2D eigenvalue weighted by atomic mass is 16.5. The number of ether oxygens (including phenoxy) is 1. The van der Waals surface area contributed by atoms with Crippen molar-refractivity contribution in [2.75, 3.05) is 39.4 Å². The average molecular weight is 399 g/mol. The molecule has 4 rings (SSSR count). The molecule has 8 heteroatoms. The van der Waals surface area contributed by atoms with Crippen molar-refractivity contribution in [3.63, 3.8) is 0 Å². The zero-order chi connectivity index (χ0) is 20.4. The molecule has 2 aromatic rings. The summed E-state index contributed by atoms with van der Waals surface area (Å²) in [6, 6.07) is 8.06. The Labute approximate surface area is 171 Å². The maximum atomic E-state index is 12.9. The second-order valence-corrected chi connectivity index (χ2v) is 8.09. The van der Waals surface area contributed by atoms with Gasteiger partial charge in [-0.1, -0.05) is 35.0 Å². The van der Waals surface area contributed by atoms with Crippen molar-refractivity contribution in [1.82, 2.24) is 19.9 Å². The lowest BCUT2D eigenvalue weighted by Gasteiger charge is -2.41. The lowest BCUT2D eigenvalue weighted by molar-refractivity contribution is -0.142. The number of hydrogen-bond donors (Lipinski definition) is 1. The van der Waals surface area contributed by atoms with Crippen molar-refractivity contribution in [1.29, 1.82) is 0 Å². The molecule has 8 nitrogen and oxygen atoms in total. The van der Waals surface area contributed by atoms with E-state index >= 15 is 0 Å². The number of nitrogens with zero attached hydrogens (tertiary/aromatic N) is 4. The van der Waals surface area contributed by atoms with E-state index in [0.717, 1.165) is 18.7 Å². The van der Waals surface area contributed by atoms with E-state index in [1.807, 2.05) is 36.1 Å². The molecule has 0 aliphatic carbocycles. The minimum atomic E-state index is -0.776. The van der Waals surface area contributed by atoms with Crippen LogP contribution in [0, 0.1) is 6.92 Å². The number of amides is 1. The molecule has 0 radical (unpaired) electrons. The van der Waals surface area contributed by atoms with Crippen molar-refractivity contribution in [2.45, 2.75) is 38.3 Å². The predicted octanol–water partition coefficient (Wildman–Crippen LogP) is 1.76. The Bertz CT molecular complexity index is 836. The van der Waals surface area contributed by atoms with Gasteiger partial charge in [-0.05, 0) is 26.7 Å². The standard InChI is InChI=1S/C21H29N5O3/c1-15-3-5-17(6-4-15)18-23-19(29-24-18)16(2)25-9-11-26(12-10-25)20(27)21(22)7-13-28-14-8-21/h3-6,16H,7-14,22H2,1-2H3. The van der Waals surface area contributed by atoms with E-state index in [-0.39, 0.29) is 11.9 Å². The van der Waals surface area contributed by atoms with Gasteiger partial charge in [-0.25, -0.2) is 0 Å². The lowest BCUT2D eigenvalue weighted by atomic mass is 9.89. The highest BCUT2D eigenvalue weighted by Gasteiger charge is 2.40. The van der Waals surface area contributed by atoms with Gasteiger partial charge in [0.25, 0.3) is 0 Å². The molecule has 1 aromatic carbocycles. The largest absolute Gasteiger partial charge is 0.381 e. The first-order valence-corrected chi connectivity index (χ1v) is 10.3. The molecule has 1 aromatic heterocycles. The first-order valence-electron chi connectivity index (χ1n) is 10.3. The van der Waals surface area contributed by atoms with Crippen LogP contribution in [0.15, 0.2) is 28.8 Å². The maximum absolute atomic E-state index is 12.9. The summed E-state index contributed by atoms with van der Waals surface area (Å²) < 4.78 is 10.9. The van der Waals surface area contributed by atoms with Crippen LogP contribution in [-0.2, 0) is 9.53 Å². The Kier molecular flexibility index (Phi) is 5.67. The van der Waals surface area contributed by atoms with Crippen LogP contribution in [0.4, 0.5) is 0 Å². The minimum absolute atomic E-state index is 0.00568. The molecule has 2 N–H and O–H groups in total. The number of benzene rings is 1. The van der Waals surface area contributed by atoms with Crippen molar-refractivity contribution in [3.05, 3.63) is 35.7 Å². The average Bonchev–Trinajstić information content (AvgIpc) is 3.24. The summed E-state index contributed by atoms with van der Waals surface area (Å²) in [4.78, 5) is 21.6. The van der Waals surface area contributed by atoms with E-state index < -0.39 is 5.54 Å². The number of carbonyl (C=O) groups is 1. The van der Waals surface area contributed by atoms with E-state index in [1.54, 1.807) is 0 Å². The maximum Gasteiger partial charge on any atom is 0.244 e. The van der Waals surface area contributed by atoms with E-state index in [1.165, 1.54) is 5.56 Å². The van der Waals surface area contributed by atoms with Gasteiger partial charge in [0.2, 0.25) is 17.6 Å². The summed E-state index contributed by atoms with van der Waals surface area (Å²) in [5.74, 6) is 1.25. The second kappa shape index (κ2) is 8.22. The number of piperazine rings is 1. The number of aromatic nitrogens is 2. The van der Waals surface area contributed by atoms with Crippen molar-refractivity contribution in [3.8, 4) is 11.4 Å². The van der Waals surface area contributed by atoms with E-state index in [9.17, 15) is 4.79 Å². The molecule has 2 aliphatic rings. The van der Waals surface area contributed by atoms with Crippen LogP contribution >= 0.6 is 0 Å². The molecule has 3 heterocycles. The van der Waals surface area contributed by atoms with Gasteiger partial charge in [0.1, 0.15) is 0 Å². The van der Waals surface area contributed by atoms with Gasteiger partial charge < -0.3 is 19.9 Å². The number of rotatable bonds is 4. The Morgan fingerprint density at radius 2 is 1.79 bits per heavy atom. The number of aryl methyl sites for hydroxylation is 1. The van der Waals surface area contributed by atoms with Crippen LogP contribution in [0.1, 0.15) is 37.3 Å². The quantitative estimate of drug-likeness (QED) is 0.836. The smallest absolute Gasteiger partial charge is 0.244 e. The van der Waals surface area contributed by atoms with Crippen molar-refractivity contribution in [2.24, 2.45) is 5.73 Å². The van der Waals surface area contributed by atoms with Gasteiger partial charge >= 0.3 is 0 Å². The Morgan fingerprint density at radius 3 is 2.45 bits per heavy atom. The van der Waals surface area contributed by atoms with E-state index in [4.69, 9.17) is 15.0 Å². The summed E-state index contributed by atoms with van der Waals surface area (Å²) in [5.41, 5.74) is 7.73. The van der Waals surface area contributed by atoms with Crippen molar-refractivity contribution < 1.29 is 14.1 Å². The van der Waals surface area contributed by atoms with Gasteiger partial charge in [0.05, 0.1) is 11.6 Å². The second-order valence-electron chi connectivity index (χ2n) is 8.09. The summed E-state index contributed by atoms with van der Waals surface area (Å²) in [7, 11) is 0. The van der Waals surface area contributed by atoms with Gasteiger partial charge in [0, 0.05) is 45.0 Å². The molecule has 29 heavy (non-hydrogen) atoms. The molecule has 1 amide bonds. The molecular weight excluding hydrogens is 370 g/mol. The minimum Gasteiger partial charge on any atom is -0.381 e. The summed E-state index contributed by atoms with van der Waals surface area (Å²) in [6.07, 6.45) is 1.18. The first-order chi connectivity index (χ1) is 14.0. The monoisotopic (exact) mass is 399 g/mol. The summed E-state index contributed by atoms with van der Waals surface area (Å²) in [6.45, 7) is 8.03. The fourth-order valence-electron chi connectivity index (χ4n) is 3.96. The van der Waals surface area contributed by atoms with Gasteiger partial charge in [0.15, 0.2) is 0 Å². The third-order valence-corrected chi connectivity index (χ3v) is 6.07. The van der Waals surface area contributed by atoms with Crippen LogP contribution in [0.2, 0.25) is 0 Å². The zero-order valence-electron chi connectivity index (χ0n) is 17.1. The molecule has 2 saturated heterocycles. The summed E-state index contributed by atoms with van der Waals surface area (Å²) >= 11 is 0. The third-order valence-electron chi connectivity index (χ3n) is 6.07. The predicted molar refractivity (Wildman–Crippen MR) is 108 cm³/mol. The van der Waals surface area contributed by atoms with Crippen LogP contribution in [0.25, 0.3) is 11.4 Å². The third kappa shape index (κ3) is 4.19. The van der Waals surface area contributed by atoms with Gasteiger partial charge in [-0.15, -0.1) is 0 Å². The molecule has 1 atom stereocenters. The normalized spacial score (nSPS) is 21.1. The van der Waals surface area contributed by atoms with Crippen molar-refractivity contribution >= 4 is 5.91 Å². The molecule has 0 spiro atoms. The van der Waals surface area contributed by atoms with Crippen LogP contribution in [0.5, 0.6) is 0 Å². The molecule has 0 saturated carbocycles. The number of carbonyl (C=O) groups excluding carboxylic acids is 1. The SMILES string of the molecule is Cc1ccc(-c2noc(C(C)N3CCN(C(=O)C4(N)CCOCC4)CC3)n2)cc1. The van der Waals surface area contributed by atoms with Crippen LogP contribution in [0.3, 0.4) is 0 Å². The summed E-state index contributed by atoms with van der Waals surface area (Å²) in [5, 5.41) is 4.14. The number of nitrogens with two attached hydrogens (primary N) is 1. The van der Waals surface area contributed by atoms with Crippen LogP contribution < -0.4 is 5.73 Å². The van der Waals surface area contributed by atoms with Gasteiger partial charge in [-0.2, -0.15) is 4.98 Å². The Balaban J connectivity index is 1.36. The molecule has 156 valence electrons. The first kappa shape index (κ1) is 20.0. The highest BCUT2D eigenvalue weighted by Crippen LogP contribution is 2.25. The lowest BCUT2D eigenvalue weighted by Crippen LogP contribution is -2.61. The fourth-order valence-corrected chi connectivity index (χ4v) is 3.96. The fraction of sp³-hybridized carbons (Fsp3) is 0.571. The number of hydrogen-bond acceptors (Lipinski definition) is 7. The van der Waals surface area contributed by atoms with Gasteiger partial charge in [-0.3, -0.25) is 9.69 Å².